The molecule has 0 radical (unpaired) electrons. The van der Waals surface area contributed by atoms with Crippen molar-refractivity contribution in [3.05, 3.63) is 34.4 Å². The standard InChI is InChI=1S/C19H23BrN4O2/c1-13-18(14-7-9-15(20)10-8-14)19(23(2)22-13)21-16(25)12-24-11-5-3-4-6-17(24)26/h7-10H,3-6,11-12H2,1-2H3,(H,21,25). The molecule has 1 fully saturated rings. The van der Waals surface area contributed by atoms with E-state index in [0.29, 0.717) is 18.8 Å². The summed E-state index contributed by atoms with van der Waals surface area (Å²) in [6, 6.07) is 7.90. The third-order valence-electron chi connectivity index (χ3n) is 4.62. The summed E-state index contributed by atoms with van der Waals surface area (Å²) in [5, 5.41) is 7.41. The van der Waals surface area contributed by atoms with Gasteiger partial charge in [0.1, 0.15) is 5.82 Å². The summed E-state index contributed by atoms with van der Waals surface area (Å²) in [6.45, 7) is 2.66. The molecular formula is C19H23BrN4O2. The predicted molar refractivity (Wildman–Crippen MR) is 105 cm³/mol. The number of carbonyl (C=O) groups is 2. The van der Waals surface area contributed by atoms with Crippen LogP contribution < -0.4 is 5.32 Å². The number of hydrogen-bond acceptors (Lipinski definition) is 3. The van der Waals surface area contributed by atoms with E-state index in [0.717, 1.165) is 40.6 Å². The summed E-state index contributed by atoms with van der Waals surface area (Å²) in [6.07, 6.45) is 3.43. The van der Waals surface area contributed by atoms with Crippen molar-refractivity contribution in [2.75, 3.05) is 18.4 Å². The zero-order valence-corrected chi connectivity index (χ0v) is 16.7. The van der Waals surface area contributed by atoms with Crippen molar-refractivity contribution >= 4 is 33.6 Å². The van der Waals surface area contributed by atoms with Gasteiger partial charge in [-0.2, -0.15) is 5.10 Å². The summed E-state index contributed by atoms with van der Waals surface area (Å²) in [5.74, 6) is 0.519. The Morgan fingerprint density at radius 1 is 1.23 bits per heavy atom. The molecule has 0 bridgehead atoms. The summed E-state index contributed by atoms with van der Waals surface area (Å²) >= 11 is 3.44. The van der Waals surface area contributed by atoms with E-state index in [2.05, 4.69) is 26.3 Å². The number of hydrogen-bond donors (Lipinski definition) is 1. The van der Waals surface area contributed by atoms with Crippen LogP contribution in [0.2, 0.25) is 0 Å². The highest BCUT2D eigenvalue weighted by Crippen LogP contribution is 2.31. The maximum absolute atomic E-state index is 12.6. The van der Waals surface area contributed by atoms with Crippen LogP contribution in [-0.2, 0) is 16.6 Å². The van der Waals surface area contributed by atoms with Gasteiger partial charge in [0.15, 0.2) is 0 Å². The quantitative estimate of drug-likeness (QED) is 0.825. The highest BCUT2D eigenvalue weighted by molar-refractivity contribution is 9.10. The highest BCUT2D eigenvalue weighted by Gasteiger charge is 2.22. The molecule has 2 heterocycles. The molecule has 7 heteroatoms. The number of carbonyl (C=O) groups excluding carboxylic acids is 2. The molecule has 26 heavy (non-hydrogen) atoms. The van der Waals surface area contributed by atoms with Gasteiger partial charge in [0.05, 0.1) is 12.2 Å². The molecule has 1 aliphatic heterocycles. The van der Waals surface area contributed by atoms with Gasteiger partial charge in [-0.1, -0.05) is 34.5 Å². The molecule has 2 aromatic rings. The number of nitrogens with zero attached hydrogens (tertiary/aromatic N) is 3. The third kappa shape index (κ3) is 4.15. The van der Waals surface area contributed by atoms with E-state index in [1.165, 1.54) is 0 Å². The normalized spacial score (nSPS) is 15.0. The molecule has 3 rings (SSSR count). The number of aryl methyl sites for hydroxylation is 2. The van der Waals surface area contributed by atoms with E-state index in [9.17, 15) is 9.59 Å². The minimum Gasteiger partial charge on any atom is -0.333 e. The first-order chi connectivity index (χ1) is 12.5. The van der Waals surface area contributed by atoms with Gasteiger partial charge in [0.2, 0.25) is 11.8 Å². The number of rotatable bonds is 4. The molecule has 1 N–H and O–H groups in total. The van der Waals surface area contributed by atoms with Gasteiger partial charge in [-0.15, -0.1) is 0 Å². The van der Waals surface area contributed by atoms with Gasteiger partial charge in [0, 0.05) is 30.0 Å². The zero-order chi connectivity index (χ0) is 18.7. The van der Waals surface area contributed by atoms with Crippen LogP contribution >= 0.6 is 15.9 Å². The Labute approximate surface area is 161 Å². The monoisotopic (exact) mass is 418 g/mol. The molecule has 0 unspecified atom stereocenters. The van der Waals surface area contributed by atoms with Gasteiger partial charge in [0.25, 0.3) is 0 Å². The molecule has 0 saturated carbocycles. The number of aromatic nitrogens is 2. The molecule has 1 aromatic carbocycles. The van der Waals surface area contributed by atoms with Crippen molar-refractivity contribution < 1.29 is 9.59 Å². The van der Waals surface area contributed by atoms with Crippen molar-refractivity contribution in [3.63, 3.8) is 0 Å². The molecule has 0 spiro atoms. The van der Waals surface area contributed by atoms with Crippen LogP contribution in [0, 0.1) is 6.92 Å². The maximum Gasteiger partial charge on any atom is 0.245 e. The predicted octanol–water partition coefficient (Wildman–Crippen LogP) is 3.50. The lowest BCUT2D eigenvalue weighted by Gasteiger charge is -2.20. The molecule has 138 valence electrons. The Bertz CT molecular complexity index is 814. The van der Waals surface area contributed by atoms with Crippen molar-refractivity contribution in [3.8, 4) is 11.1 Å². The van der Waals surface area contributed by atoms with Gasteiger partial charge < -0.3 is 10.2 Å². The first-order valence-corrected chi connectivity index (χ1v) is 9.62. The lowest BCUT2D eigenvalue weighted by atomic mass is 10.1. The largest absolute Gasteiger partial charge is 0.333 e. The van der Waals surface area contributed by atoms with Crippen molar-refractivity contribution in [2.45, 2.75) is 32.6 Å². The minimum atomic E-state index is -0.193. The van der Waals surface area contributed by atoms with Crippen LogP contribution in [0.4, 0.5) is 5.82 Å². The number of likely N-dealkylation sites (tertiary alicyclic amines) is 1. The summed E-state index contributed by atoms with van der Waals surface area (Å²) in [4.78, 5) is 26.4. The van der Waals surface area contributed by atoms with Gasteiger partial charge in [-0.05, 0) is 37.5 Å². The van der Waals surface area contributed by atoms with Crippen molar-refractivity contribution in [1.29, 1.82) is 0 Å². The topological polar surface area (TPSA) is 67.2 Å². The molecule has 1 saturated heterocycles. The molecule has 0 aliphatic carbocycles. The molecule has 2 amide bonds. The van der Waals surface area contributed by atoms with Gasteiger partial charge in [-0.25, -0.2) is 0 Å². The zero-order valence-electron chi connectivity index (χ0n) is 15.1. The first kappa shape index (κ1) is 18.6. The van der Waals surface area contributed by atoms with Gasteiger partial charge >= 0.3 is 0 Å². The maximum atomic E-state index is 12.6. The summed E-state index contributed by atoms with van der Waals surface area (Å²) < 4.78 is 2.67. The second-order valence-electron chi connectivity index (χ2n) is 6.61. The molecular weight excluding hydrogens is 396 g/mol. The average Bonchev–Trinajstić information content (AvgIpc) is 2.74. The number of amides is 2. The Morgan fingerprint density at radius 3 is 2.69 bits per heavy atom. The molecule has 1 aliphatic rings. The Balaban J connectivity index is 1.80. The van der Waals surface area contributed by atoms with E-state index in [1.807, 2.05) is 38.2 Å². The van der Waals surface area contributed by atoms with Crippen LogP contribution in [0.1, 0.15) is 31.4 Å². The first-order valence-electron chi connectivity index (χ1n) is 8.83. The van der Waals surface area contributed by atoms with E-state index in [1.54, 1.807) is 9.58 Å². The summed E-state index contributed by atoms with van der Waals surface area (Å²) in [5.41, 5.74) is 2.73. The Hall–Kier alpha value is -2.15. The number of nitrogens with one attached hydrogen (secondary N) is 1. The lowest BCUT2D eigenvalue weighted by Crippen LogP contribution is -2.37. The van der Waals surface area contributed by atoms with E-state index in [4.69, 9.17) is 0 Å². The van der Waals surface area contributed by atoms with Crippen LogP contribution in [0.3, 0.4) is 0 Å². The highest BCUT2D eigenvalue weighted by atomic mass is 79.9. The van der Waals surface area contributed by atoms with E-state index >= 15 is 0 Å². The fourth-order valence-electron chi connectivity index (χ4n) is 3.31. The lowest BCUT2D eigenvalue weighted by molar-refractivity contribution is -0.134. The van der Waals surface area contributed by atoms with Crippen LogP contribution in [0.25, 0.3) is 11.1 Å². The van der Waals surface area contributed by atoms with Crippen molar-refractivity contribution in [1.82, 2.24) is 14.7 Å². The number of halogens is 1. The second kappa shape index (κ2) is 8.03. The number of benzene rings is 1. The minimum absolute atomic E-state index is 0.0620. The molecule has 0 atom stereocenters. The van der Waals surface area contributed by atoms with E-state index in [-0.39, 0.29) is 18.4 Å². The van der Waals surface area contributed by atoms with E-state index < -0.39 is 0 Å². The van der Waals surface area contributed by atoms with Crippen molar-refractivity contribution in [2.24, 2.45) is 7.05 Å². The van der Waals surface area contributed by atoms with Crippen LogP contribution in [0.15, 0.2) is 28.7 Å². The Morgan fingerprint density at radius 2 is 1.96 bits per heavy atom. The SMILES string of the molecule is Cc1nn(C)c(NC(=O)CN2CCCCCC2=O)c1-c1ccc(Br)cc1. The fourth-order valence-corrected chi connectivity index (χ4v) is 3.58. The average molecular weight is 419 g/mol. The van der Waals surface area contributed by atoms with Crippen LogP contribution in [-0.4, -0.2) is 39.6 Å². The third-order valence-corrected chi connectivity index (χ3v) is 5.15. The number of anilines is 1. The second-order valence-corrected chi connectivity index (χ2v) is 7.53. The van der Waals surface area contributed by atoms with Gasteiger partial charge in [-0.3, -0.25) is 14.3 Å². The smallest absolute Gasteiger partial charge is 0.245 e. The van der Waals surface area contributed by atoms with Crippen LogP contribution in [0.5, 0.6) is 0 Å². The Kier molecular flexibility index (Phi) is 5.76. The fraction of sp³-hybridized carbons (Fsp3) is 0.421. The molecule has 1 aromatic heterocycles. The molecule has 6 nitrogen and oxygen atoms in total. The summed E-state index contributed by atoms with van der Waals surface area (Å²) in [7, 11) is 1.81.